The molecule has 1 fully saturated rings. The summed E-state index contributed by atoms with van der Waals surface area (Å²) in [5.74, 6) is 0.828. The van der Waals surface area contributed by atoms with E-state index < -0.39 is 0 Å². The average Bonchev–Trinajstić information content (AvgIpc) is 3.42. The molecule has 5 rings (SSSR count). The summed E-state index contributed by atoms with van der Waals surface area (Å²) in [6, 6.07) is 5.73. The Bertz CT molecular complexity index is 1040. The van der Waals surface area contributed by atoms with Crippen molar-refractivity contribution in [3.05, 3.63) is 53.1 Å². The number of carbonyl (C=O) groups excluding carboxylic acids is 1. The quantitative estimate of drug-likeness (QED) is 0.680. The lowest BCUT2D eigenvalue weighted by Crippen LogP contribution is -2.43. The number of hydrogen-bond acceptors (Lipinski definition) is 6. The van der Waals surface area contributed by atoms with Gasteiger partial charge in [0.2, 0.25) is 0 Å². The van der Waals surface area contributed by atoms with Gasteiger partial charge in [0, 0.05) is 25.4 Å². The monoisotopic (exact) mass is 393 g/mol. The van der Waals surface area contributed by atoms with Crippen LogP contribution in [0.4, 0.5) is 0 Å². The number of morpholine rings is 1. The SMILES string of the molecule is Cn1cc(-c2nc(C3COCCN3C(=O)c3ccc4c(c3)CCCC4)no2)cn1. The van der Waals surface area contributed by atoms with Gasteiger partial charge in [-0.3, -0.25) is 9.48 Å². The molecule has 2 aromatic heterocycles. The molecule has 0 spiro atoms. The maximum absolute atomic E-state index is 13.3. The molecule has 29 heavy (non-hydrogen) atoms. The molecule has 2 aliphatic rings. The molecule has 1 saturated heterocycles. The molecule has 3 aromatic rings. The van der Waals surface area contributed by atoms with E-state index in [-0.39, 0.29) is 11.9 Å². The Labute approximate surface area is 168 Å². The van der Waals surface area contributed by atoms with Crippen molar-refractivity contribution in [3.8, 4) is 11.5 Å². The van der Waals surface area contributed by atoms with Gasteiger partial charge in [0.05, 0.1) is 25.0 Å². The fourth-order valence-electron chi connectivity index (χ4n) is 4.11. The Morgan fingerprint density at radius 2 is 2.07 bits per heavy atom. The van der Waals surface area contributed by atoms with Crippen molar-refractivity contribution < 1.29 is 14.1 Å². The van der Waals surface area contributed by atoms with Crippen LogP contribution < -0.4 is 0 Å². The second-order valence-electron chi connectivity index (χ2n) is 7.64. The van der Waals surface area contributed by atoms with Crippen LogP contribution in [0.25, 0.3) is 11.5 Å². The van der Waals surface area contributed by atoms with E-state index in [1.54, 1.807) is 15.8 Å². The number of carbonyl (C=O) groups is 1. The van der Waals surface area contributed by atoms with E-state index in [9.17, 15) is 4.79 Å². The van der Waals surface area contributed by atoms with Crippen LogP contribution in [0.1, 0.15) is 46.2 Å². The number of nitrogens with zero attached hydrogens (tertiary/aromatic N) is 5. The van der Waals surface area contributed by atoms with Gasteiger partial charge in [-0.25, -0.2) is 0 Å². The number of ether oxygens (including phenoxy) is 1. The molecule has 150 valence electrons. The van der Waals surface area contributed by atoms with Gasteiger partial charge in [0.15, 0.2) is 5.82 Å². The third-order valence-electron chi connectivity index (χ3n) is 5.68. The van der Waals surface area contributed by atoms with Crippen LogP contribution in [0.2, 0.25) is 0 Å². The van der Waals surface area contributed by atoms with E-state index in [1.165, 1.54) is 24.0 Å². The van der Waals surface area contributed by atoms with Gasteiger partial charge in [-0.1, -0.05) is 11.2 Å². The normalized spacial score (nSPS) is 19.2. The van der Waals surface area contributed by atoms with E-state index in [0.29, 0.717) is 37.0 Å². The molecule has 1 aliphatic heterocycles. The zero-order valence-corrected chi connectivity index (χ0v) is 16.4. The number of rotatable bonds is 3. The summed E-state index contributed by atoms with van der Waals surface area (Å²) in [5, 5.41) is 8.26. The predicted octanol–water partition coefficient (Wildman–Crippen LogP) is 2.56. The molecule has 1 unspecified atom stereocenters. The number of amides is 1. The Hall–Kier alpha value is -3.00. The Balaban J connectivity index is 1.41. The van der Waals surface area contributed by atoms with Crippen LogP contribution in [0, 0.1) is 0 Å². The van der Waals surface area contributed by atoms with Gasteiger partial charge in [-0.2, -0.15) is 10.1 Å². The number of benzene rings is 1. The summed E-state index contributed by atoms with van der Waals surface area (Å²) in [5.41, 5.74) is 4.13. The van der Waals surface area contributed by atoms with Crippen molar-refractivity contribution in [1.29, 1.82) is 0 Å². The van der Waals surface area contributed by atoms with Gasteiger partial charge in [0.1, 0.15) is 6.04 Å². The highest BCUT2D eigenvalue weighted by atomic mass is 16.5. The van der Waals surface area contributed by atoms with Gasteiger partial charge in [-0.15, -0.1) is 0 Å². The third kappa shape index (κ3) is 3.44. The number of fused-ring (bicyclic) bond motifs is 1. The van der Waals surface area contributed by atoms with Crippen LogP contribution >= 0.6 is 0 Å². The molecule has 1 aliphatic carbocycles. The zero-order valence-electron chi connectivity index (χ0n) is 16.4. The molecule has 8 nitrogen and oxygen atoms in total. The van der Waals surface area contributed by atoms with Gasteiger partial charge >= 0.3 is 0 Å². The Morgan fingerprint density at radius 3 is 2.90 bits per heavy atom. The van der Waals surface area contributed by atoms with E-state index in [2.05, 4.69) is 27.4 Å². The maximum atomic E-state index is 13.3. The molecular formula is C21H23N5O3. The fourth-order valence-corrected chi connectivity index (χ4v) is 4.11. The number of hydrogen-bond donors (Lipinski definition) is 0. The topological polar surface area (TPSA) is 86.3 Å². The Kier molecular flexibility index (Phi) is 4.63. The maximum Gasteiger partial charge on any atom is 0.261 e. The van der Waals surface area contributed by atoms with Gasteiger partial charge < -0.3 is 14.2 Å². The van der Waals surface area contributed by atoms with Crippen molar-refractivity contribution in [2.45, 2.75) is 31.7 Å². The predicted molar refractivity (Wildman–Crippen MR) is 104 cm³/mol. The molecule has 0 radical (unpaired) electrons. The molecule has 0 bridgehead atoms. The molecule has 3 heterocycles. The second-order valence-corrected chi connectivity index (χ2v) is 7.64. The molecular weight excluding hydrogens is 370 g/mol. The number of aromatic nitrogens is 4. The van der Waals surface area contributed by atoms with Crippen molar-refractivity contribution in [2.75, 3.05) is 19.8 Å². The average molecular weight is 393 g/mol. The van der Waals surface area contributed by atoms with Crippen LogP contribution in [0.15, 0.2) is 35.1 Å². The highest BCUT2D eigenvalue weighted by molar-refractivity contribution is 5.94. The lowest BCUT2D eigenvalue weighted by atomic mass is 9.90. The van der Waals surface area contributed by atoms with Crippen LogP contribution in [-0.4, -0.2) is 50.5 Å². The summed E-state index contributed by atoms with van der Waals surface area (Å²) < 4.78 is 12.7. The van der Waals surface area contributed by atoms with Crippen molar-refractivity contribution in [2.24, 2.45) is 7.05 Å². The largest absolute Gasteiger partial charge is 0.377 e. The van der Waals surface area contributed by atoms with Crippen LogP contribution in [0.3, 0.4) is 0 Å². The van der Waals surface area contributed by atoms with Crippen molar-refractivity contribution in [1.82, 2.24) is 24.8 Å². The second kappa shape index (κ2) is 7.44. The molecule has 1 amide bonds. The highest BCUT2D eigenvalue weighted by Crippen LogP contribution is 2.28. The lowest BCUT2D eigenvalue weighted by molar-refractivity contribution is -0.00577. The fraction of sp³-hybridized carbons (Fsp3) is 0.429. The van der Waals surface area contributed by atoms with E-state index in [0.717, 1.165) is 18.4 Å². The smallest absolute Gasteiger partial charge is 0.261 e. The summed E-state index contributed by atoms with van der Waals surface area (Å²) in [7, 11) is 1.83. The molecule has 0 N–H and O–H groups in total. The standard InChI is InChI=1S/C21H23N5O3/c1-25-12-17(11-22-25)20-23-19(24-29-20)18-13-28-9-8-26(18)21(27)16-7-6-14-4-2-3-5-15(14)10-16/h6-7,10-12,18H,2-5,8-9,13H2,1H3. The van der Waals surface area contributed by atoms with E-state index in [1.807, 2.05) is 19.3 Å². The van der Waals surface area contributed by atoms with Crippen LogP contribution in [-0.2, 0) is 24.6 Å². The lowest BCUT2D eigenvalue weighted by Gasteiger charge is -2.34. The summed E-state index contributed by atoms with van der Waals surface area (Å²) in [6.45, 7) is 1.35. The van der Waals surface area contributed by atoms with E-state index in [4.69, 9.17) is 9.26 Å². The summed E-state index contributed by atoms with van der Waals surface area (Å²) in [4.78, 5) is 19.6. The molecule has 0 saturated carbocycles. The van der Waals surface area contributed by atoms with Crippen molar-refractivity contribution in [3.63, 3.8) is 0 Å². The minimum atomic E-state index is -0.374. The van der Waals surface area contributed by atoms with Crippen molar-refractivity contribution >= 4 is 5.91 Å². The minimum Gasteiger partial charge on any atom is -0.377 e. The summed E-state index contributed by atoms with van der Waals surface area (Å²) >= 11 is 0. The van der Waals surface area contributed by atoms with Gasteiger partial charge in [0.25, 0.3) is 11.8 Å². The zero-order chi connectivity index (χ0) is 19.8. The van der Waals surface area contributed by atoms with E-state index >= 15 is 0 Å². The van der Waals surface area contributed by atoms with Crippen LogP contribution in [0.5, 0.6) is 0 Å². The first-order valence-electron chi connectivity index (χ1n) is 10.0. The molecule has 1 atom stereocenters. The molecule has 1 aromatic carbocycles. The Morgan fingerprint density at radius 1 is 1.21 bits per heavy atom. The first-order chi connectivity index (χ1) is 14.2. The first-order valence-corrected chi connectivity index (χ1v) is 10.0. The molecule has 8 heteroatoms. The summed E-state index contributed by atoms with van der Waals surface area (Å²) in [6.07, 6.45) is 8.04. The third-order valence-corrected chi connectivity index (χ3v) is 5.68. The highest BCUT2D eigenvalue weighted by Gasteiger charge is 2.33. The van der Waals surface area contributed by atoms with Gasteiger partial charge in [-0.05, 0) is 48.9 Å². The number of aryl methyl sites for hydroxylation is 3. The first kappa shape index (κ1) is 18.1. The minimum absolute atomic E-state index is 0.0144.